The van der Waals surface area contributed by atoms with Gasteiger partial charge in [-0.2, -0.15) is 0 Å². The molecule has 5 nitrogen and oxygen atoms in total. The number of anilines is 1. The van der Waals surface area contributed by atoms with Crippen molar-refractivity contribution in [1.29, 1.82) is 0 Å². The van der Waals surface area contributed by atoms with E-state index in [2.05, 4.69) is 12.2 Å². The molecule has 2 aromatic carbocycles. The fourth-order valence-electron chi connectivity index (χ4n) is 3.07. The van der Waals surface area contributed by atoms with Crippen LogP contribution in [0.25, 0.3) is 0 Å². The summed E-state index contributed by atoms with van der Waals surface area (Å²) in [6, 6.07) is 9.83. The summed E-state index contributed by atoms with van der Waals surface area (Å²) in [5, 5.41) is 2.73. The minimum atomic E-state index is -3.93. The summed E-state index contributed by atoms with van der Waals surface area (Å²) in [7, 11) is -3.93. The summed E-state index contributed by atoms with van der Waals surface area (Å²) in [4.78, 5) is 12.4. The molecular weight excluding hydrogens is 355 g/mol. The molecule has 3 rings (SSSR count). The van der Waals surface area contributed by atoms with Gasteiger partial charge in [0.25, 0.3) is 15.9 Å². The molecule has 0 bridgehead atoms. The van der Waals surface area contributed by atoms with E-state index in [1.165, 1.54) is 6.07 Å². The maximum absolute atomic E-state index is 13.8. The maximum atomic E-state index is 13.8. The van der Waals surface area contributed by atoms with Gasteiger partial charge in [0.05, 0.1) is 22.7 Å². The second-order valence-electron chi connectivity index (χ2n) is 6.47. The van der Waals surface area contributed by atoms with E-state index in [1.54, 1.807) is 31.2 Å². The van der Waals surface area contributed by atoms with E-state index in [0.717, 1.165) is 34.8 Å². The van der Waals surface area contributed by atoms with Gasteiger partial charge in [-0.3, -0.25) is 9.10 Å². The first-order valence-electron chi connectivity index (χ1n) is 8.55. The third kappa shape index (κ3) is 3.44. The minimum Gasteiger partial charge on any atom is -0.348 e. The number of rotatable bonds is 4. The highest BCUT2D eigenvalue weighted by Gasteiger charge is 2.33. The molecule has 0 unspecified atom stereocenters. The first-order valence-corrected chi connectivity index (χ1v) is 9.99. The topological polar surface area (TPSA) is 66.5 Å². The number of fused-ring (bicyclic) bond motifs is 1. The summed E-state index contributed by atoms with van der Waals surface area (Å²) in [6.07, 6.45) is 1.84. The molecule has 0 aliphatic carbocycles. The van der Waals surface area contributed by atoms with Crippen molar-refractivity contribution in [2.45, 2.75) is 37.6 Å². The zero-order valence-corrected chi connectivity index (χ0v) is 15.5. The molecule has 0 saturated heterocycles. The average Bonchev–Trinajstić information content (AvgIpc) is 2.72. The predicted octanol–water partition coefficient (Wildman–Crippen LogP) is 3.11. The highest BCUT2D eigenvalue weighted by atomic mass is 32.2. The number of hydrogen-bond acceptors (Lipinski definition) is 3. The number of carbonyl (C=O) groups excluding carboxylic acids is 1. The predicted molar refractivity (Wildman–Crippen MR) is 98.3 cm³/mol. The molecule has 1 aliphatic heterocycles. The van der Waals surface area contributed by atoms with E-state index in [-0.39, 0.29) is 22.7 Å². The van der Waals surface area contributed by atoms with Gasteiger partial charge in [0.1, 0.15) is 5.82 Å². The quantitative estimate of drug-likeness (QED) is 0.892. The highest BCUT2D eigenvalue weighted by molar-refractivity contribution is 7.92. The van der Waals surface area contributed by atoms with E-state index in [4.69, 9.17) is 0 Å². The van der Waals surface area contributed by atoms with Crippen molar-refractivity contribution in [3.8, 4) is 0 Å². The number of carbonyl (C=O) groups is 1. The van der Waals surface area contributed by atoms with Gasteiger partial charge in [0, 0.05) is 6.04 Å². The SMILES string of the molecule is CCCc1ccc(S(=O)(=O)N2C[C@H](C)NC(=O)c3ccc(F)cc32)cc1. The lowest BCUT2D eigenvalue weighted by atomic mass is 10.1. The molecule has 0 fully saturated rings. The Hall–Kier alpha value is -2.41. The molecule has 0 aromatic heterocycles. The molecule has 2 aromatic rings. The van der Waals surface area contributed by atoms with E-state index < -0.39 is 27.8 Å². The van der Waals surface area contributed by atoms with Gasteiger partial charge in [-0.05, 0) is 49.2 Å². The van der Waals surface area contributed by atoms with Crippen molar-refractivity contribution in [3.63, 3.8) is 0 Å². The fraction of sp³-hybridized carbons (Fsp3) is 0.316. The average molecular weight is 376 g/mol. The first kappa shape index (κ1) is 18.4. The summed E-state index contributed by atoms with van der Waals surface area (Å²) in [6.45, 7) is 3.80. The third-order valence-corrected chi connectivity index (χ3v) is 6.13. The van der Waals surface area contributed by atoms with Crippen LogP contribution in [0.2, 0.25) is 0 Å². The Morgan fingerprint density at radius 3 is 2.54 bits per heavy atom. The van der Waals surface area contributed by atoms with Crippen molar-refractivity contribution in [3.05, 3.63) is 59.4 Å². The summed E-state index contributed by atoms with van der Waals surface area (Å²) in [5.41, 5.74) is 1.25. The van der Waals surface area contributed by atoms with Gasteiger partial charge >= 0.3 is 0 Å². The zero-order valence-electron chi connectivity index (χ0n) is 14.7. The lowest BCUT2D eigenvalue weighted by Crippen LogP contribution is -2.41. The summed E-state index contributed by atoms with van der Waals surface area (Å²) in [5.74, 6) is -1.01. The summed E-state index contributed by atoms with van der Waals surface area (Å²) >= 11 is 0. The molecule has 1 heterocycles. The van der Waals surface area contributed by atoms with E-state index in [9.17, 15) is 17.6 Å². The van der Waals surface area contributed by atoms with Crippen LogP contribution in [0.1, 0.15) is 36.2 Å². The molecule has 1 N–H and O–H groups in total. The first-order chi connectivity index (χ1) is 12.3. The molecule has 138 valence electrons. The second kappa shape index (κ2) is 7.07. The highest BCUT2D eigenvalue weighted by Crippen LogP contribution is 2.30. The Morgan fingerprint density at radius 1 is 1.19 bits per heavy atom. The lowest BCUT2D eigenvalue weighted by molar-refractivity contribution is 0.0945. The number of nitrogens with one attached hydrogen (secondary N) is 1. The number of nitrogens with zero attached hydrogens (tertiary/aromatic N) is 1. The molecule has 1 aliphatic rings. The number of sulfonamides is 1. The van der Waals surface area contributed by atoms with Crippen molar-refractivity contribution in [1.82, 2.24) is 5.32 Å². The molecule has 1 amide bonds. The van der Waals surface area contributed by atoms with Crippen LogP contribution in [0.3, 0.4) is 0 Å². The molecule has 7 heteroatoms. The van der Waals surface area contributed by atoms with Crippen LogP contribution in [0, 0.1) is 5.82 Å². The van der Waals surface area contributed by atoms with Crippen molar-refractivity contribution < 1.29 is 17.6 Å². The standard InChI is InChI=1S/C19H21FN2O3S/c1-3-4-14-5-8-16(9-6-14)26(24,25)22-12-13(2)21-19(23)17-10-7-15(20)11-18(17)22/h5-11,13H,3-4,12H2,1-2H3,(H,21,23)/t13-/m0/s1. The van der Waals surface area contributed by atoms with Gasteiger partial charge in [0.2, 0.25) is 0 Å². The third-order valence-electron chi connectivity index (χ3n) is 4.34. The number of amides is 1. The number of halogens is 1. The molecule has 0 radical (unpaired) electrons. The van der Waals surface area contributed by atoms with Crippen molar-refractivity contribution in [2.24, 2.45) is 0 Å². The van der Waals surface area contributed by atoms with Crippen LogP contribution in [0.5, 0.6) is 0 Å². The number of aryl methyl sites for hydroxylation is 1. The largest absolute Gasteiger partial charge is 0.348 e. The van der Waals surface area contributed by atoms with Gasteiger partial charge in [-0.15, -0.1) is 0 Å². The van der Waals surface area contributed by atoms with E-state index in [1.807, 2.05) is 0 Å². The Morgan fingerprint density at radius 2 is 1.88 bits per heavy atom. The van der Waals surface area contributed by atoms with Crippen molar-refractivity contribution in [2.75, 3.05) is 10.8 Å². The molecule has 0 saturated carbocycles. The van der Waals surface area contributed by atoms with Gasteiger partial charge < -0.3 is 5.32 Å². The number of benzene rings is 2. The van der Waals surface area contributed by atoms with Crippen LogP contribution in [-0.4, -0.2) is 26.9 Å². The van der Waals surface area contributed by atoms with Gasteiger partial charge in [-0.25, -0.2) is 12.8 Å². The Balaban J connectivity index is 2.09. The van der Waals surface area contributed by atoms with Crippen LogP contribution < -0.4 is 9.62 Å². The van der Waals surface area contributed by atoms with Crippen LogP contribution >= 0.6 is 0 Å². The Kier molecular flexibility index (Phi) is 5.00. The van der Waals surface area contributed by atoms with Crippen LogP contribution in [-0.2, 0) is 16.4 Å². The molecule has 26 heavy (non-hydrogen) atoms. The Bertz CT molecular complexity index is 926. The van der Waals surface area contributed by atoms with Crippen LogP contribution in [0.4, 0.5) is 10.1 Å². The monoisotopic (exact) mass is 376 g/mol. The lowest BCUT2D eigenvalue weighted by Gasteiger charge is -2.25. The van der Waals surface area contributed by atoms with Crippen molar-refractivity contribution >= 4 is 21.6 Å². The normalized spacial score (nSPS) is 17.4. The second-order valence-corrected chi connectivity index (χ2v) is 8.33. The molecule has 1 atom stereocenters. The zero-order chi connectivity index (χ0) is 18.9. The molecule has 0 spiro atoms. The van der Waals surface area contributed by atoms with Gasteiger partial charge in [0.15, 0.2) is 0 Å². The smallest absolute Gasteiger partial charge is 0.264 e. The van der Waals surface area contributed by atoms with E-state index in [0.29, 0.717) is 0 Å². The molecular formula is C19H21FN2O3S. The fourth-order valence-corrected chi connectivity index (χ4v) is 4.63. The van der Waals surface area contributed by atoms with Gasteiger partial charge in [-0.1, -0.05) is 25.5 Å². The Labute approximate surface area is 152 Å². The maximum Gasteiger partial charge on any atom is 0.264 e. The number of hydrogen-bond donors (Lipinski definition) is 1. The summed E-state index contributed by atoms with van der Waals surface area (Å²) < 4.78 is 41.3. The minimum absolute atomic E-state index is 0.0290. The van der Waals surface area contributed by atoms with E-state index >= 15 is 0 Å². The van der Waals surface area contributed by atoms with Crippen LogP contribution in [0.15, 0.2) is 47.4 Å².